The molecule has 0 unspecified atom stereocenters. The molecule has 0 spiro atoms. The average Bonchev–Trinajstić information content (AvgIpc) is 2.51. The Morgan fingerprint density at radius 2 is 1.74 bits per heavy atom. The molecule has 0 atom stereocenters. The van der Waals surface area contributed by atoms with E-state index in [4.69, 9.17) is 9.22 Å². The second-order valence-corrected chi connectivity index (χ2v) is 4.74. The Hall–Kier alpha value is -1.38. The number of nitrogens with zero attached hydrogens (tertiary/aromatic N) is 2. The third-order valence-electron chi connectivity index (χ3n) is 2.74. The zero-order valence-electron chi connectivity index (χ0n) is 12.1. The first kappa shape index (κ1) is 18.0. The van der Waals surface area contributed by atoms with Crippen molar-refractivity contribution in [3.05, 3.63) is 71.1 Å². The van der Waals surface area contributed by atoms with Gasteiger partial charge in [-0.05, 0) is 23.7 Å². The number of aromatic nitrogens is 1. The Labute approximate surface area is 157 Å². The molecular weight excluding hydrogens is 333 g/mol. The number of hydrogen-bond acceptors (Lipinski definition) is 4. The van der Waals surface area contributed by atoms with E-state index in [1.807, 2.05) is 24.3 Å². The van der Waals surface area contributed by atoms with Crippen molar-refractivity contribution in [3.63, 3.8) is 0 Å². The number of pyridine rings is 1. The molecule has 0 amide bonds. The summed E-state index contributed by atoms with van der Waals surface area (Å²) < 4.78 is 34.8. The zero-order chi connectivity index (χ0) is 15.4. The molecule has 0 aliphatic carbocycles. The summed E-state index contributed by atoms with van der Waals surface area (Å²) in [5, 5.41) is 0.942. The topological polar surface area (TPSA) is 45.5 Å². The maximum atomic E-state index is 13.0. The van der Waals surface area contributed by atoms with Crippen LogP contribution in [0.3, 0.4) is 0 Å². The minimum Gasteiger partial charge on any atom is -0.602 e. The number of benzene rings is 2. The van der Waals surface area contributed by atoms with Crippen LogP contribution in [-0.4, -0.2) is 4.98 Å². The molecule has 3 aromatic rings. The monoisotopic (exact) mass is 342 g/mol. The van der Waals surface area contributed by atoms with Gasteiger partial charge in [-0.2, -0.15) is 0 Å². The summed E-state index contributed by atoms with van der Waals surface area (Å²) in [6, 6.07) is 12.0. The van der Waals surface area contributed by atoms with Crippen molar-refractivity contribution in [2.45, 2.75) is 0 Å². The van der Waals surface area contributed by atoms with Crippen LogP contribution >= 0.6 is 12.2 Å². The van der Waals surface area contributed by atoms with Gasteiger partial charge in [-0.1, -0.05) is 24.3 Å². The Morgan fingerprint density at radius 3 is 2.52 bits per heavy atom. The van der Waals surface area contributed by atoms with Crippen LogP contribution in [0.5, 0.6) is 5.75 Å². The molecular formula is C15H9F2N2NaO2S. The normalized spacial score (nSPS) is 10.2. The summed E-state index contributed by atoms with van der Waals surface area (Å²) in [6.45, 7) is 0. The Kier molecular flexibility index (Phi) is 6.61. The molecule has 0 radical (unpaired) electrons. The minimum absolute atomic E-state index is 0. The van der Waals surface area contributed by atoms with Gasteiger partial charge in [0.05, 0.1) is 5.52 Å². The molecule has 3 rings (SSSR count). The van der Waals surface area contributed by atoms with Crippen LogP contribution in [0, 0.1) is 11.6 Å². The van der Waals surface area contributed by atoms with E-state index in [0.717, 1.165) is 29.1 Å². The van der Waals surface area contributed by atoms with Gasteiger partial charge in [0.25, 0.3) is 0 Å². The molecule has 8 heteroatoms. The summed E-state index contributed by atoms with van der Waals surface area (Å²) in [7, 11) is 0. The molecule has 0 N–H and O–H groups in total. The SMILES string of the molecule is Fc1cc(F)cc(OOS[N-]c2cccc3cccnc23)c1.[Na+]. The fourth-order valence-electron chi connectivity index (χ4n) is 1.85. The number of para-hydroxylation sites is 1. The van der Waals surface area contributed by atoms with Gasteiger partial charge < -0.3 is 9.61 Å². The number of hydrogen-bond donors (Lipinski definition) is 0. The van der Waals surface area contributed by atoms with E-state index in [1.54, 1.807) is 12.3 Å². The second-order valence-electron chi connectivity index (χ2n) is 4.27. The predicted molar refractivity (Wildman–Crippen MR) is 80.4 cm³/mol. The van der Waals surface area contributed by atoms with Gasteiger partial charge in [-0.25, -0.2) is 8.78 Å². The van der Waals surface area contributed by atoms with Crippen molar-refractivity contribution in [2.24, 2.45) is 0 Å². The van der Waals surface area contributed by atoms with Gasteiger partial charge in [0.1, 0.15) is 11.6 Å². The van der Waals surface area contributed by atoms with Gasteiger partial charge >= 0.3 is 29.6 Å². The van der Waals surface area contributed by atoms with Gasteiger partial charge in [0.2, 0.25) is 0 Å². The van der Waals surface area contributed by atoms with Gasteiger partial charge in [0.15, 0.2) is 5.75 Å². The fourth-order valence-corrected chi connectivity index (χ4v) is 2.22. The van der Waals surface area contributed by atoms with Crippen LogP contribution in [-0.2, 0) is 4.33 Å². The van der Waals surface area contributed by atoms with Crippen LogP contribution in [0.25, 0.3) is 15.6 Å². The van der Waals surface area contributed by atoms with Crippen molar-refractivity contribution in [2.75, 3.05) is 0 Å². The van der Waals surface area contributed by atoms with Crippen molar-refractivity contribution in [1.82, 2.24) is 4.98 Å². The van der Waals surface area contributed by atoms with Crippen molar-refractivity contribution >= 4 is 28.8 Å². The number of rotatable bonds is 5. The summed E-state index contributed by atoms with van der Waals surface area (Å²) in [5.74, 6) is -1.59. The third kappa shape index (κ3) is 4.79. The average molecular weight is 342 g/mol. The van der Waals surface area contributed by atoms with Crippen LogP contribution < -0.4 is 34.4 Å². The molecule has 1 aromatic heterocycles. The van der Waals surface area contributed by atoms with Gasteiger partial charge in [-0.3, -0.25) is 4.98 Å². The molecule has 0 bridgehead atoms. The predicted octanol–water partition coefficient (Wildman–Crippen LogP) is 2.10. The Bertz CT molecular complexity index is 782. The zero-order valence-corrected chi connectivity index (χ0v) is 14.9. The van der Waals surface area contributed by atoms with E-state index < -0.39 is 11.6 Å². The smallest absolute Gasteiger partial charge is 0.602 e. The quantitative estimate of drug-likeness (QED) is 0.178. The maximum absolute atomic E-state index is 13.0. The summed E-state index contributed by atoms with van der Waals surface area (Å²) in [6.07, 6.45) is 1.67. The molecule has 1 heterocycles. The van der Waals surface area contributed by atoms with Crippen molar-refractivity contribution < 1.29 is 47.6 Å². The van der Waals surface area contributed by atoms with Crippen LogP contribution in [0.2, 0.25) is 0 Å². The third-order valence-corrected chi connectivity index (χ3v) is 3.14. The van der Waals surface area contributed by atoms with E-state index in [2.05, 4.69) is 9.71 Å². The van der Waals surface area contributed by atoms with Gasteiger partial charge in [0, 0.05) is 24.4 Å². The first-order valence-corrected chi connectivity index (χ1v) is 6.93. The first-order valence-electron chi connectivity index (χ1n) is 6.23. The Morgan fingerprint density at radius 1 is 1.00 bits per heavy atom. The van der Waals surface area contributed by atoms with Crippen molar-refractivity contribution in [3.8, 4) is 5.75 Å². The molecule has 0 aliphatic heterocycles. The van der Waals surface area contributed by atoms with E-state index in [0.29, 0.717) is 17.9 Å². The second kappa shape index (κ2) is 8.47. The summed E-state index contributed by atoms with van der Waals surface area (Å²) >= 11 is 0.646. The largest absolute Gasteiger partial charge is 1.00 e. The summed E-state index contributed by atoms with van der Waals surface area (Å²) in [4.78, 5) is 9.01. The standard InChI is InChI=1S/C15H9F2N2O2S.Na/c16-11-7-12(17)9-13(8-11)20-21-22-19-14-5-1-3-10-4-2-6-18-15(10)14;/h1-9H;/q-1;+1. The van der Waals surface area contributed by atoms with Crippen LogP contribution in [0.15, 0.2) is 54.7 Å². The molecule has 2 aromatic carbocycles. The molecule has 0 saturated carbocycles. The number of halogens is 2. The fraction of sp³-hybridized carbons (Fsp3) is 0. The molecule has 0 fully saturated rings. The summed E-state index contributed by atoms with van der Waals surface area (Å²) in [5.41, 5.74) is 1.33. The molecule has 0 saturated heterocycles. The van der Waals surface area contributed by atoms with Crippen LogP contribution in [0.4, 0.5) is 14.5 Å². The van der Waals surface area contributed by atoms with E-state index >= 15 is 0 Å². The van der Waals surface area contributed by atoms with Crippen molar-refractivity contribution in [1.29, 1.82) is 0 Å². The molecule has 0 aliphatic rings. The minimum atomic E-state index is -0.751. The van der Waals surface area contributed by atoms with E-state index in [-0.39, 0.29) is 35.3 Å². The van der Waals surface area contributed by atoms with Crippen LogP contribution in [0.1, 0.15) is 0 Å². The first-order chi connectivity index (χ1) is 10.7. The Balaban J connectivity index is 0.00000192. The van der Waals surface area contributed by atoms with E-state index in [1.165, 1.54) is 0 Å². The van der Waals surface area contributed by atoms with E-state index in [9.17, 15) is 8.78 Å². The molecule has 4 nitrogen and oxygen atoms in total. The molecule has 112 valence electrons. The number of fused-ring (bicyclic) bond motifs is 1. The van der Waals surface area contributed by atoms with Gasteiger partial charge in [-0.15, -0.1) is 10.0 Å². The maximum Gasteiger partial charge on any atom is 1.00 e. The molecule has 23 heavy (non-hydrogen) atoms.